The molecule has 0 fully saturated rings. The van der Waals surface area contributed by atoms with E-state index in [0.29, 0.717) is 22.3 Å². The number of thioether (sulfide) groups is 1. The summed E-state index contributed by atoms with van der Waals surface area (Å²) in [6.07, 6.45) is 0. The lowest BCUT2D eigenvalue weighted by atomic mass is 10.2. The van der Waals surface area contributed by atoms with Gasteiger partial charge in [-0.25, -0.2) is 9.97 Å². The lowest BCUT2D eigenvalue weighted by Gasteiger charge is -2.20. The first-order valence-electron chi connectivity index (χ1n) is 10.7. The number of aromatic nitrogens is 3. The van der Waals surface area contributed by atoms with E-state index in [0.717, 1.165) is 27.6 Å². The maximum atomic E-state index is 12.5. The van der Waals surface area contributed by atoms with Crippen LogP contribution in [0.15, 0.2) is 89.4 Å². The second kappa shape index (κ2) is 9.70. The number of hydrogen-bond donors (Lipinski definition) is 0. The van der Waals surface area contributed by atoms with Gasteiger partial charge in [0.25, 0.3) is 0 Å². The van der Waals surface area contributed by atoms with Crippen LogP contribution in [0.2, 0.25) is 0 Å². The summed E-state index contributed by atoms with van der Waals surface area (Å²) < 4.78 is 7.63. The highest BCUT2D eigenvalue weighted by Gasteiger charge is 2.21. The maximum absolute atomic E-state index is 12.5. The first-order chi connectivity index (χ1) is 16.7. The van der Waals surface area contributed by atoms with Crippen molar-refractivity contribution in [2.45, 2.75) is 17.8 Å². The summed E-state index contributed by atoms with van der Waals surface area (Å²) in [5.41, 5.74) is 4.65. The zero-order chi connectivity index (χ0) is 23.5. The van der Waals surface area contributed by atoms with E-state index in [4.69, 9.17) is 14.7 Å². The smallest absolute Gasteiger partial charge is 0.230 e. The van der Waals surface area contributed by atoms with E-state index in [2.05, 4.69) is 22.8 Å². The van der Waals surface area contributed by atoms with Gasteiger partial charge >= 0.3 is 0 Å². The summed E-state index contributed by atoms with van der Waals surface area (Å²) in [7, 11) is 1.60. The summed E-state index contributed by atoms with van der Waals surface area (Å²) in [4.78, 5) is 23.7. The Morgan fingerprint density at radius 3 is 2.53 bits per heavy atom. The van der Waals surface area contributed by atoms with E-state index >= 15 is 0 Å². The van der Waals surface area contributed by atoms with E-state index < -0.39 is 0 Å². The van der Waals surface area contributed by atoms with Gasteiger partial charge < -0.3 is 4.74 Å². The van der Waals surface area contributed by atoms with Crippen LogP contribution in [0.1, 0.15) is 12.6 Å². The molecule has 0 saturated carbocycles. The van der Waals surface area contributed by atoms with Crippen molar-refractivity contribution < 1.29 is 9.53 Å². The molecule has 6 nitrogen and oxygen atoms in total. The first-order valence-corrected chi connectivity index (χ1v) is 12.6. The zero-order valence-corrected chi connectivity index (χ0v) is 20.3. The molecular weight excluding hydrogens is 464 g/mol. The Kier molecular flexibility index (Phi) is 6.33. The van der Waals surface area contributed by atoms with E-state index in [9.17, 15) is 4.79 Å². The van der Waals surface area contributed by atoms with E-state index in [-0.39, 0.29) is 5.91 Å². The van der Waals surface area contributed by atoms with Crippen LogP contribution >= 0.6 is 23.1 Å². The van der Waals surface area contributed by atoms with Crippen LogP contribution in [0.5, 0.6) is 5.75 Å². The number of rotatable bonds is 7. The number of benzene rings is 3. The van der Waals surface area contributed by atoms with Crippen molar-refractivity contribution in [2.24, 2.45) is 0 Å². The monoisotopic (exact) mass is 486 g/mol. The number of nitrogens with zero attached hydrogens (tertiary/aromatic N) is 4. The minimum Gasteiger partial charge on any atom is -0.495 e. The van der Waals surface area contributed by atoms with E-state index in [1.165, 1.54) is 18.3 Å². The SMILES string of the molecule is COc1ccccc1N(C(C)=O)c1nc(CSc2nc3ccccc3n2-c2ccccc2)cs1. The van der Waals surface area contributed by atoms with Crippen molar-refractivity contribution in [3.05, 3.63) is 89.9 Å². The third-order valence-corrected chi connectivity index (χ3v) is 7.11. The highest BCUT2D eigenvalue weighted by atomic mass is 32.2. The number of amides is 1. The summed E-state index contributed by atoms with van der Waals surface area (Å²) in [6, 6.07) is 25.8. The number of imidazole rings is 1. The fourth-order valence-corrected chi connectivity index (χ4v) is 5.66. The fraction of sp³-hybridized carbons (Fsp3) is 0.115. The van der Waals surface area contributed by atoms with Crippen LogP contribution in [0.25, 0.3) is 16.7 Å². The van der Waals surface area contributed by atoms with Gasteiger partial charge in [-0.1, -0.05) is 54.2 Å². The Hall–Kier alpha value is -3.62. The Labute approximate surface area is 205 Å². The van der Waals surface area contributed by atoms with Crippen molar-refractivity contribution >= 4 is 50.9 Å². The van der Waals surface area contributed by atoms with E-state index in [1.807, 2.05) is 66.0 Å². The number of anilines is 2. The zero-order valence-electron chi connectivity index (χ0n) is 18.7. The van der Waals surface area contributed by atoms with Gasteiger partial charge in [-0.05, 0) is 36.4 Å². The largest absolute Gasteiger partial charge is 0.495 e. The summed E-state index contributed by atoms with van der Waals surface area (Å²) in [5, 5.41) is 3.50. The van der Waals surface area contributed by atoms with Crippen LogP contribution in [0.4, 0.5) is 10.8 Å². The number of ether oxygens (including phenoxy) is 1. The molecule has 5 rings (SSSR count). The van der Waals surface area contributed by atoms with Crippen molar-refractivity contribution in [1.29, 1.82) is 0 Å². The average molecular weight is 487 g/mol. The van der Waals surface area contributed by atoms with Gasteiger partial charge in [-0.2, -0.15) is 0 Å². The molecule has 34 heavy (non-hydrogen) atoms. The normalized spacial score (nSPS) is 11.0. The molecule has 2 aromatic heterocycles. The summed E-state index contributed by atoms with van der Waals surface area (Å²) in [6.45, 7) is 1.53. The number of thiazole rings is 1. The minimum atomic E-state index is -0.121. The predicted molar refractivity (Wildman–Crippen MR) is 139 cm³/mol. The van der Waals surface area contributed by atoms with Crippen LogP contribution < -0.4 is 9.64 Å². The molecule has 1 amide bonds. The number of para-hydroxylation sites is 5. The summed E-state index contributed by atoms with van der Waals surface area (Å²) >= 11 is 3.06. The number of carbonyl (C=O) groups excluding carboxylic acids is 1. The first kappa shape index (κ1) is 22.2. The van der Waals surface area contributed by atoms with Crippen molar-refractivity contribution in [3.63, 3.8) is 0 Å². The van der Waals surface area contributed by atoms with Gasteiger partial charge in [-0.15, -0.1) is 11.3 Å². The molecule has 0 saturated heterocycles. The van der Waals surface area contributed by atoms with Crippen molar-refractivity contribution in [1.82, 2.24) is 14.5 Å². The highest BCUT2D eigenvalue weighted by molar-refractivity contribution is 7.98. The molecule has 0 bridgehead atoms. The standard InChI is InChI=1S/C26H22N4O2S2/c1-18(31)29(23-14-8-9-15-24(23)32-2)25-27-19(16-33-25)17-34-26-28-21-12-6-7-13-22(21)30(26)20-10-4-3-5-11-20/h3-16H,17H2,1-2H3. The molecule has 0 radical (unpaired) electrons. The molecule has 0 aliphatic rings. The molecule has 8 heteroatoms. The maximum Gasteiger partial charge on any atom is 0.230 e. The van der Waals surface area contributed by atoms with Crippen molar-refractivity contribution in [2.75, 3.05) is 12.0 Å². The fourth-order valence-electron chi connectivity index (χ4n) is 3.75. The molecule has 0 unspecified atom stereocenters. The Balaban J connectivity index is 1.44. The second-order valence-electron chi connectivity index (χ2n) is 7.49. The van der Waals surface area contributed by atoms with Gasteiger partial charge in [0.1, 0.15) is 5.75 Å². The van der Waals surface area contributed by atoms with Crippen molar-refractivity contribution in [3.8, 4) is 11.4 Å². The molecular formula is C26H22N4O2S2. The highest BCUT2D eigenvalue weighted by Crippen LogP contribution is 2.36. The molecule has 170 valence electrons. The average Bonchev–Trinajstić information content (AvgIpc) is 3.48. The quantitative estimate of drug-likeness (QED) is 0.247. The molecule has 0 aliphatic carbocycles. The molecule has 0 aliphatic heterocycles. The Morgan fingerprint density at radius 2 is 1.74 bits per heavy atom. The van der Waals surface area contributed by atoms with Gasteiger partial charge in [0.05, 0.1) is 29.5 Å². The third kappa shape index (κ3) is 4.30. The van der Waals surface area contributed by atoms with Gasteiger partial charge in [0.2, 0.25) is 5.91 Å². The third-order valence-electron chi connectivity index (χ3n) is 5.27. The number of fused-ring (bicyclic) bond motifs is 1. The van der Waals surface area contributed by atoms with Gasteiger partial charge in [0, 0.05) is 23.7 Å². The minimum absolute atomic E-state index is 0.121. The molecule has 2 heterocycles. The van der Waals surface area contributed by atoms with Gasteiger partial charge in [-0.3, -0.25) is 14.3 Å². The Bertz CT molecular complexity index is 1450. The van der Waals surface area contributed by atoms with Gasteiger partial charge in [0.15, 0.2) is 10.3 Å². The predicted octanol–water partition coefficient (Wildman–Crippen LogP) is 6.47. The van der Waals surface area contributed by atoms with Crippen LogP contribution in [-0.4, -0.2) is 27.6 Å². The second-order valence-corrected chi connectivity index (χ2v) is 9.27. The molecule has 3 aromatic carbocycles. The van der Waals surface area contributed by atoms with Crippen LogP contribution in [-0.2, 0) is 10.5 Å². The van der Waals surface area contributed by atoms with Crippen LogP contribution in [0, 0.1) is 0 Å². The molecule has 0 atom stereocenters. The van der Waals surface area contributed by atoms with E-state index in [1.54, 1.807) is 23.8 Å². The molecule has 5 aromatic rings. The summed E-state index contributed by atoms with van der Waals surface area (Å²) in [5.74, 6) is 1.13. The topological polar surface area (TPSA) is 60.2 Å². The number of carbonyl (C=O) groups is 1. The van der Waals surface area contributed by atoms with Crippen LogP contribution in [0.3, 0.4) is 0 Å². The molecule has 0 N–H and O–H groups in total. The number of methoxy groups -OCH3 is 1. The lowest BCUT2D eigenvalue weighted by molar-refractivity contribution is -0.115. The Morgan fingerprint density at radius 1 is 1.00 bits per heavy atom. The lowest BCUT2D eigenvalue weighted by Crippen LogP contribution is -2.23. The molecule has 0 spiro atoms. The number of hydrogen-bond acceptors (Lipinski definition) is 6.